The van der Waals surface area contributed by atoms with E-state index in [2.05, 4.69) is 121 Å². The van der Waals surface area contributed by atoms with Gasteiger partial charge < -0.3 is 84.7 Å². The molecule has 19 N–H and O–H groups in total. The third-order valence-electron chi connectivity index (χ3n) is 21.4. The minimum atomic E-state index is -0.530. The molecular formula is C92H132FN31O7. The number of amides is 6. The highest BCUT2D eigenvalue weighted by Crippen LogP contribution is 2.31. The summed E-state index contributed by atoms with van der Waals surface area (Å²) in [6.45, 7) is 17.6. The SMILES string of the molecule is Cc1ccc2nc(-c3nc(C(=O)N4CCC4)cnc3N)[nH]c2c1.Cc1ccc2nc(-c3nc(C(=O)NCC(=O)C(C)(C)C)cnc3N)[nH]c2c1.Cc1ccc2nc(-c3nc(C(=O)NCC(=O)N(C)C)cnc3N)[nH]c2c1.Cc1ccc2nc(-c3nc(C(=O)NCC4CCCCC4)cnc3N)[nH]c2c1.Cc1ccc2nc(-c3nc(C(=O)NCc4ccc(F)cc4)cnc3N)[nH]c2c1.[HH].[HH].[HH].[HH].[HH].[HH].[HH].[HH].[HH].[HH].[HH].[HH].[HH].[HH].[HH].[HH].[HH]. The Morgan fingerprint density at radius 1 is 0.405 bits per heavy atom. The molecule has 1 aliphatic carbocycles. The zero-order valence-electron chi connectivity index (χ0n) is 73.6. The van der Waals surface area contributed by atoms with Crippen LogP contribution in [0.4, 0.5) is 33.5 Å². The van der Waals surface area contributed by atoms with E-state index in [-0.39, 0.29) is 131 Å². The maximum absolute atomic E-state index is 13.0. The number of aryl methyl sites for hydroxylation is 5. The number of hydrogen-bond acceptors (Lipinski definition) is 27. The Hall–Kier alpha value is -16.5. The Morgan fingerprint density at radius 3 is 1.02 bits per heavy atom. The standard InChI is InChI=1S/C20H17FN6O.C20H24N6O.C19H22N6O2.C17H19N7O2.C16H16N6O.17H2/c1-11-2-7-14-15(8-11)27-19(26-14)17-18(22)23-10-16(25-17)20(28)24-9-12-3-5-13(21)6-4-12;1-12-7-8-14-15(9-12)26-19(25-14)17-18(21)22-11-16(24-17)20(27)23-10-13-5-3-2-4-6-13;1-10-5-6-11-12(7-10)25-17(24-11)15-16(20)21-8-13(23-15)18(27)22-9-14(26)19(2,3)4;1-9-4-5-10-11(6-9)23-16(22-10)14-15(18)19-7-12(21-14)17(26)20-8-13(25)24(2)3;1-9-3-4-10-11(7-9)21-15(20-10)13-14(17)18-8-12(19-13)16(23)22-5-2-6-22;;;;;;;;;;;;;;;;;/h2-8,10H,9H2,1H3,(H2,22,23)(H,24,28)(H,26,27);7-9,11,13H,2-6,10H2,1H3,(H2,21,22)(H,23,27)(H,25,26);5-8H,9H2,1-4H3,(H2,20,21)(H,22,27)(H,24,25);4-7H,8H2,1-3H3,(H2,18,19)(H,20,26)(H,22,23);3-4,7-8H,2,5-6H2,1H3,(H2,17,18)(H,20,21);17*1H. The van der Waals surface area contributed by atoms with Gasteiger partial charge in [-0.15, -0.1) is 0 Å². The fraction of sp³-hybridized carbons (Fsp3) is 0.261. The van der Waals surface area contributed by atoms with Crippen LogP contribution < -0.4 is 49.9 Å². The first-order valence-electron chi connectivity index (χ1n) is 42.1. The number of aromatic amines is 5. The summed E-state index contributed by atoms with van der Waals surface area (Å²) < 4.78 is 13.0. The Kier molecular flexibility index (Phi) is 27.4. The second-order valence-corrected chi connectivity index (χ2v) is 33.0. The average Bonchev–Trinajstić information content (AvgIpc) is 1.65. The summed E-state index contributed by atoms with van der Waals surface area (Å²) in [6, 6.07) is 35.2. The lowest BCUT2D eigenvalue weighted by Crippen LogP contribution is -2.42. The normalized spacial score (nSPS) is 12.4. The van der Waals surface area contributed by atoms with E-state index in [9.17, 15) is 38.0 Å². The molecule has 18 rings (SSSR count). The molecule has 10 aromatic heterocycles. The van der Waals surface area contributed by atoms with Crippen molar-refractivity contribution in [2.24, 2.45) is 11.3 Å². The van der Waals surface area contributed by atoms with E-state index in [1.165, 1.54) is 80.1 Å². The molecule has 2 fully saturated rings. The number of fused-ring (bicyclic) bond motifs is 5. The molecule has 131 heavy (non-hydrogen) atoms. The van der Waals surface area contributed by atoms with Gasteiger partial charge in [-0.1, -0.05) is 82.5 Å². The minimum absolute atomic E-state index is 0. The van der Waals surface area contributed by atoms with Crippen molar-refractivity contribution in [3.8, 4) is 57.6 Å². The van der Waals surface area contributed by atoms with Gasteiger partial charge in [0, 0.05) is 69.9 Å². The van der Waals surface area contributed by atoms with E-state index in [1.807, 2.05) is 126 Å². The largest absolute Gasteiger partial charge is 0.382 e. The Bertz CT molecular complexity index is 7080. The van der Waals surface area contributed by atoms with Gasteiger partial charge >= 0.3 is 0 Å². The lowest BCUT2D eigenvalue weighted by Gasteiger charge is -2.30. The molecule has 1 saturated carbocycles. The number of aromatic nitrogens is 20. The minimum Gasteiger partial charge on any atom is -0.382 e. The highest BCUT2D eigenvalue weighted by molar-refractivity contribution is 5.99. The number of anilines is 5. The van der Waals surface area contributed by atoms with Crippen molar-refractivity contribution in [2.45, 2.75) is 100 Å². The fourth-order valence-corrected chi connectivity index (χ4v) is 13.8. The molecule has 0 bridgehead atoms. The first kappa shape index (κ1) is 90.7. The van der Waals surface area contributed by atoms with Crippen molar-refractivity contribution < 1.29 is 62.2 Å². The number of halogens is 1. The summed E-state index contributed by atoms with van der Waals surface area (Å²) in [7, 11) is 3.22. The molecule has 16 aromatic rings. The Balaban J connectivity index is -0.000000852. The van der Waals surface area contributed by atoms with Crippen LogP contribution in [0.15, 0.2) is 146 Å². The molecule has 6 aromatic carbocycles. The van der Waals surface area contributed by atoms with Crippen molar-refractivity contribution in [1.82, 2.24) is 131 Å². The molecule has 0 spiro atoms. The Labute approximate surface area is 774 Å². The zero-order valence-corrected chi connectivity index (χ0v) is 73.6. The molecule has 0 unspecified atom stereocenters. The van der Waals surface area contributed by atoms with Crippen molar-refractivity contribution in [2.75, 3.05) is 75.5 Å². The molecule has 6 amide bonds. The zero-order chi connectivity index (χ0) is 93.1. The van der Waals surface area contributed by atoms with Gasteiger partial charge in [-0.25, -0.2) is 79.2 Å². The van der Waals surface area contributed by atoms with Gasteiger partial charge in [0.05, 0.1) is 99.2 Å². The van der Waals surface area contributed by atoms with Gasteiger partial charge in [-0.3, -0.25) is 33.6 Å². The first-order chi connectivity index (χ1) is 62.7. The number of rotatable bonds is 18. The van der Waals surface area contributed by atoms with Gasteiger partial charge in [0.2, 0.25) is 5.91 Å². The number of nitrogen functional groups attached to an aromatic ring is 5. The third kappa shape index (κ3) is 22.3. The number of benzene rings is 6. The monoisotopic (exact) mass is 1800 g/mol. The smallest absolute Gasteiger partial charge is 0.274 e. The lowest BCUT2D eigenvalue weighted by molar-refractivity contribution is -0.127. The van der Waals surface area contributed by atoms with Gasteiger partial charge in [0.15, 0.2) is 64.0 Å². The maximum Gasteiger partial charge on any atom is 0.274 e. The van der Waals surface area contributed by atoms with Crippen LogP contribution in [0.5, 0.6) is 0 Å². The van der Waals surface area contributed by atoms with Crippen LogP contribution in [-0.2, 0) is 16.1 Å². The fourth-order valence-electron chi connectivity index (χ4n) is 13.8. The van der Waals surface area contributed by atoms with Crippen LogP contribution in [0.1, 0.15) is 169 Å². The van der Waals surface area contributed by atoms with Gasteiger partial charge in [0.25, 0.3) is 29.5 Å². The number of carbonyl (C=O) groups excluding carboxylic acids is 7. The van der Waals surface area contributed by atoms with Crippen LogP contribution in [-0.4, -0.2) is 198 Å². The molecule has 0 radical (unpaired) electrons. The number of nitrogens with zero attached hydrogens (tertiary/aromatic N) is 17. The predicted octanol–water partition coefficient (Wildman–Crippen LogP) is 15.1. The molecule has 38 nitrogen and oxygen atoms in total. The van der Waals surface area contributed by atoms with Crippen LogP contribution in [0.2, 0.25) is 0 Å². The number of imidazole rings is 5. The predicted molar refractivity (Wildman–Crippen MR) is 532 cm³/mol. The van der Waals surface area contributed by atoms with Crippen LogP contribution in [0.25, 0.3) is 113 Å². The highest BCUT2D eigenvalue weighted by atomic mass is 19.1. The number of nitrogens with two attached hydrogens (primary N) is 5. The number of H-pyrrole nitrogens is 5. The summed E-state index contributed by atoms with van der Waals surface area (Å²) in [5.41, 5.74) is 46.3. The molecule has 0 atom stereocenters. The van der Waals surface area contributed by atoms with E-state index < -0.39 is 23.1 Å². The van der Waals surface area contributed by atoms with Crippen molar-refractivity contribution in [3.63, 3.8) is 0 Å². The maximum atomic E-state index is 13.0. The lowest BCUT2D eigenvalue weighted by atomic mass is 9.89. The molecular weight excluding hydrogens is 1670 g/mol. The topological polar surface area (TPSA) is 576 Å². The van der Waals surface area contributed by atoms with Crippen molar-refractivity contribution in [3.05, 3.63) is 214 Å². The van der Waals surface area contributed by atoms with E-state index in [0.29, 0.717) is 70.1 Å². The summed E-state index contributed by atoms with van der Waals surface area (Å²) in [4.78, 5) is 169. The quantitative estimate of drug-likeness (QED) is 0.0379. The van der Waals surface area contributed by atoms with Gasteiger partial charge in [-0.05, 0) is 166 Å². The number of likely N-dealkylation sites (N-methyl/N-ethyl adjacent to an activating group) is 1. The third-order valence-corrected chi connectivity index (χ3v) is 21.4. The van der Waals surface area contributed by atoms with E-state index in [1.54, 1.807) is 51.9 Å². The number of likely N-dealkylation sites (tertiary alicyclic amines) is 1. The highest BCUT2D eigenvalue weighted by Gasteiger charge is 2.28. The molecule has 2 aliphatic rings. The van der Waals surface area contributed by atoms with E-state index in [4.69, 9.17) is 28.7 Å². The molecule has 704 valence electrons. The summed E-state index contributed by atoms with van der Waals surface area (Å²) >= 11 is 0. The van der Waals surface area contributed by atoms with E-state index in [0.717, 1.165) is 108 Å². The van der Waals surface area contributed by atoms with Gasteiger partial charge in [-0.2, -0.15) is 0 Å². The van der Waals surface area contributed by atoms with Crippen LogP contribution in [0.3, 0.4) is 0 Å². The summed E-state index contributed by atoms with van der Waals surface area (Å²) in [5.74, 6) is 1.49. The Morgan fingerprint density at radius 2 is 0.710 bits per heavy atom. The molecule has 1 aliphatic heterocycles. The average molecular weight is 1800 g/mol. The number of Topliss-reactive ketones (excluding diaryl/α,β-unsaturated/α-hetero) is 1. The second-order valence-electron chi connectivity index (χ2n) is 33.0. The molecule has 39 heteroatoms. The second kappa shape index (κ2) is 39.6. The summed E-state index contributed by atoms with van der Waals surface area (Å²) in [5, 5.41) is 10.8. The van der Waals surface area contributed by atoms with Gasteiger partial charge in [0.1, 0.15) is 62.8 Å². The summed E-state index contributed by atoms with van der Waals surface area (Å²) in [6.07, 6.45) is 13.9. The molecule has 1 saturated heterocycles. The number of carbonyl (C=O) groups is 7. The molecule has 11 heterocycles. The first-order valence-corrected chi connectivity index (χ1v) is 42.1. The van der Waals surface area contributed by atoms with Crippen LogP contribution >= 0.6 is 0 Å². The van der Waals surface area contributed by atoms with Crippen molar-refractivity contribution >= 4 is 125 Å². The number of ketones is 1. The number of nitrogens with one attached hydrogen (secondary N) is 9. The van der Waals surface area contributed by atoms with E-state index >= 15 is 0 Å². The van der Waals surface area contributed by atoms with Crippen molar-refractivity contribution in [1.29, 1.82) is 0 Å². The number of hydrogen-bond donors (Lipinski definition) is 14. The van der Waals surface area contributed by atoms with Crippen LogP contribution in [0, 0.1) is 51.8 Å².